The van der Waals surface area contributed by atoms with Gasteiger partial charge in [-0.3, -0.25) is 9.59 Å². The molecule has 178 valence electrons. The topological polar surface area (TPSA) is 76.3 Å². The third-order valence-electron chi connectivity index (χ3n) is 7.06. The molecule has 1 amide bonds. The number of aryl methyl sites for hydroxylation is 1. The molecule has 4 aromatic rings. The molecule has 0 radical (unpaired) electrons. The minimum Gasteiger partial charge on any atom is -0.368 e. The van der Waals surface area contributed by atoms with Crippen molar-refractivity contribution in [2.45, 2.75) is 32.2 Å². The van der Waals surface area contributed by atoms with Crippen LogP contribution in [0.25, 0.3) is 16.6 Å². The Morgan fingerprint density at radius 1 is 0.971 bits per heavy atom. The molecule has 1 aliphatic heterocycles. The van der Waals surface area contributed by atoms with Crippen LogP contribution in [0.3, 0.4) is 0 Å². The average Bonchev–Trinajstić information content (AvgIpc) is 3.64. The van der Waals surface area contributed by atoms with E-state index in [9.17, 15) is 9.59 Å². The molecule has 8 nitrogen and oxygen atoms in total. The van der Waals surface area contributed by atoms with Gasteiger partial charge in [0.2, 0.25) is 5.91 Å². The summed E-state index contributed by atoms with van der Waals surface area (Å²) in [7, 11) is 0. The van der Waals surface area contributed by atoms with Gasteiger partial charge in [-0.15, -0.1) is 0 Å². The van der Waals surface area contributed by atoms with Gasteiger partial charge in [-0.05, 0) is 43.5 Å². The molecule has 0 bridgehead atoms. The van der Waals surface area contributed by atoms with Crippen LogP contribution in [0, 0.1) is 6.92 Å². The first kappa shape index (κ1) is 21.6. The van der Waals surface area contributed by atoms with E-state index in [2.05, 4.69) is 27.2 Å². The second kappa shape index (κ2) is 8.69. The summed E-state index contributed by atoms with van der Waals surface area (Å²) < 4.78 is 3.07. The number of benzene rings is 2. The highest BCUT2D eigenvalue weighted by Crippen LogP contribution is 2.41. The number of piperazine rings is 1. The summed E-state index contributed by atoms with van der Waals surface area (Å²) in [6, 6.07) is 18.1. The fourth-order valence-corrected chi connectivity index (χ4v) is 4.92. The Kier molecular flexibility index (Phi) is 5.36. The third-order valence-corrected chi connectivity index (χ3v) is 7.06. The normalized spacial score (nSPS) is 16.1. The van der Waals surface area contributed by atoms with Crippen LogP contribution < -0.4 is 10.5 Å². The fourth-order valence-electron chi connectivity index (χ4n) is 4.92. The molecule has 8 heteroatoms. The van der Waals surface area contributed by atoms with Crippen LogP contribution in [-0.2, 0) is 11.3 Å². The maximum absolute atomic E-state index is 13.6. The Hall–Kier alpha value is -3.94. The minimum absolute atomic E-state index is 0.0568. The summed E-state index contributed by atoms with van der Waals surface area (Å²) in [5, 5.41) is 10.0. The van der Waals surface area contributed by atoms with E-state index >= 15 is 0 Å². The van der Waals surface area contributed by atoms with Crippen LogP contribution in [0.2, 0.25) is 0 Å². The number of nitrogens with zero attached hydrogens (tertiary/aromatic N) is 6. The van der Waals surface area contributed by atoms with Gasteiger partial charge in [0.15, 0.2) is 0 Å². The highest BCUT2D eigenvalue weighted by atomic mass is 16.2. The van der Waals surface area contributed by atoms with Crippen molar-refractivity contribution in [3.8, 4) is 5.69 Å². The van der Waals surface area contributed by atoms with Crippen LogP contribution in [0.5, 0.6) is 0 Å². The van der Waals surface area contributed by atoms with Crippen molar-refractivity contribution in [1.82, 2.24) is 24.5 Å². The van der Waals surface area contributed by atoms with Gasteiger partial charge in [-0.1, -0.05) is 36.4 Å². The zero-order chi connectivity index (χ0) is 23.9. The first-order chi connectivity index (χ1) is 17.1. The summed E-state index contributed by atoms with van der Waals surface area (Å²) in [5.74, 6) is 0.249. The van der Waals surface area contributed by atoms with E-state index in [1.165, 1.54) is 10.4 Å². The second-order valence-electron chi connectivity index (χ2n) is 9.43. The molecular formula is C27H28N6O2. The molecule has 0 spiro atoms. The number of carbonyl (C=O) groups excluding carboxylic acids is 1. The Labute approximate surface area is 203 Å². The van der Waals surface area contributed by atoms with Crippen LogP contribution in [0.4, 0.5) is 5.69 Å². The van der Waals surface area contributed by atoms with Crippen LogP contribution >= 0.6 is 0 Å². The van der Waals surface area contributed by atoms with Gasteiger partial charge in [0, 0.05) is 43.2 Å². The summed E-state index contributed by atoms with van der Waals surface area (Å²) in [6.07, 6.45) is 3.84. The van der Waals surface area contributed by atoms with Crippen molar-refractivity contribution in [2.24, 2.45) is 0 Å². The lowest BCUT2D eigenvalue weighted by Gasteiger charge is -2.36. The lowest BCUT2D eigenvalue weighted by Crippen LogP contribution is -2.50. The molecule has 0 N–H and O–H groups in total. The Morgan fingerprint density at radius 2 is 1.69 bits per heavy atom. The first-order valence-corrected chi connectivity index (χ1v) is 12.2. The van der Waals surface area contributed by atoms with Gasteiger partial charge >= 0.3 is 0 Å². The lowest BCUT2D eigenvalue weighted by atomic mass is 10.1. The average molecular weight is 469 g/mol. The maximum Gasteiger partial charge on any atom is 0.293 e. The predicted octanol–water partition coefficient (Wildman–Crippen LogP) is 3.12. The smallest absolute Gasteiger partial charge is 0.293 e. The molecule has 1 aliphatic carbocycles. The largest absolute Gasteiger partial charge is 0.368 e. The number of para-hydroxylation sites is 2. The number of carbonyl (C=O) groups is 1. The highest BCUT2D eigenvalue weighted by molar-refractivity contribution is 5.83. The number of hydrogen-bond acceptors (Lipinski definition) is 5. The first-order valence-electron chi connectivity index (χ1n) is 12.2. The maximum atomic E-state index is 13.6. The summed E-state index contributed by atoms with van der Waals surface area (Å²) in [5.41, 5.74) is 4.16. The molecule has 0 atom stereocenters. The molecule has 0 unspecified atom stereocenters. The number of hydrogen-bond donors (Lipinski definition) is 0. The lowest BCUT2D eigenvalue weighted by molar-refractivity contribution is -0.132. The van der Waals surface area contributed by atoms with Crippen molar-refractivity contribution in [2.75, 3.05) is 31.1 Å². The van der Waals surface area contributed by atoms with Gasteiger partial charge in [0.05, 0.1) is 17.6 Å². The van der Waals surface area contributed by atoms with E-state index in [-0.39, 0.29) is 18.0 Å². The van der Waals surface area contributed by atoms with Gasteiger partial charge in [0.1, 0.15) is 12.1 Å². The van der Waals surface area contributed by atoms with E-state index < -0.39 is 0 Å². The Morgan fingerprint density at radius 3 is 2.40 bits per heavy atom. The molecule has 2 aromatic carbocycles. The number of aromatic nitrogens is 4. The van der Waals surface area contributed by atoms with Crippen molar-refractivity contribution in [3.05, 3.63) is 82.4 Å². The standard InChI is InChI=1S/C27H28N6O2/c1-19-7-5-6-10-23(19)33-26-22(17-28-33)25(20-11-12-20)29-32(27(26)35)18-24(34)31-15-13-30(14-16-31)21-8-3-2-4-9-21/h2-10,17,20H,11-16,18H2,1H3. The third kappa shape index (κ3) is 3.99. The second-order valence-corrected chi connectivity index (χ2v) is 9.43. The molecule has 6 rings (SSSR count). The zero-order valence-electron chi connectivity index (χ0n) is 19.8. The van der Waals surface area contributed by atoms with E-state index in [0.29, 0.717) is 24.5 Å². The van der Waals surface area contributed by atoms with Gasteiger partial charge < -0.3 is 9.80 Å². The number of anilines is 1. The minimum atomic E-state index is -0.276. The summed E-state index contributed by atoms with van der Waals surface area (Å²) >= 11 is 0. The van der Waals surface area contributed by atoms with Crippen molar-refractivity contribution < 1.29 is 4.79 Å². The monoisotopic (exact) mass is 468 g/mol. The SMILES string of the molecule is Cc1ccccc1-n1ncc2c(C3CC3)nn(CC(=O)N3CCN(c4ccccc4)CC3)c(=O)c21. The fraction of sp³-hybridized carbons (Fsp3) is 0.333. The van der Waals surface area contributed by atoms with Crippen molar-refractivity contribution in [1.29, 1.82) is 0 Å². The zero-order valence-corrected chi connectivity index (χ0v) is 19.8. The highest BCUT2D eigenvalue weighted by Gasteiger charge is 2.31. The number of fused-ring (bicyclic) bond motifs is 1. The summed E-state index contributed by atoms with van der Waals surface area (Å²) in [6.45, 7) is 4.74. The quantitative estimate of drug-likeness (QED) is 0.450. The number of rotatable bonds is 5. The molecule has 3 heterocycles. The van der Waals surface area contributed by atoms with Crippen LogP contribution in [0.15, 0.2) is 65.6 Å². The summed E-state index contributed by atoms with van der Waals surface area (Å²) in [4.78, 5) is 31.0. The molecular weight excluding hydrogens is 440 g/mol. The van der Waals surface area contributed by atoms with Crippen LogP contribution in [0.1, 0.15) is 30.0 Å². The Balaban J connectivity index is 1.29. The number of amides is 1. The molecule has 2 aliphatic rings. The van der Waals surface area contributed by atoms with E-state index in [1.807, 2.05) is 54.3 Å². The van der Waals surface area contributed by atoms with E-state index in [4.69, 9.17) is 0 Å². The van der Waals surface area contributed by atoms with E-state index in [1.54, 1.807) is 10.9 Å². The van der Waals surface area contributed by atoms with Gasteiger partial charge in [-0.25, -0.2) is 9.36 Å². The molecule has 35 heavy (non-hydrogen) atoms. The van der Waals surface area contributed by atoms with E-state index in [0.717, 1.165) is 48.3 Å². The molecule has 1 saturated heterocycles. The van der Waals surface area contributed by atoms with Gasteiger partial charge in [-0.2, -0.15) is 10.2 Å². The Bertz CT molecular complexity index is 1450. The van der Waals surface area contributed by atoms with Crippen molar-refractivity contribution in [3.63, 3.8) is 0 Å². The van der Waals surface area contributed by atoms with Crippen molar-refractivity contribution >= 4 is 22.5 Å². The van der Waals surface area contributed by atoms with Crippen LogP contribution in [-0.4, -0.2) is 56.5 Å². The van der Waals surface area contributed by atoms with Gasteiger partial charge in [0.25, 0.3) is 5.56 Å². The molecule has 2 aromatic heterocycles. The predicted molar refractivity (Wildman–Crippen MR) is 135 cm³/mol. The molecule has 1 saturated carbocycles. The molecule has 2 fully saturated rings.